The molecule has 0 amide bonds. The van der Waals surface area contributed by atoms with Crippen molar-refractivity contribution in [1.29, 1.82) is 0 Å². The van der Waals surface area contributed by atoms with Crippen molar-refractivity contribution in [3.63, 3.8) is 0 Å². The molecule has 0 N–H and O–H groups in total. The maximum Gasteiger partial charge on any atom is 0.224 e. The molecule has 0 atom stereocenters. The van der Waals surface area contributed by atoms with Crippen molar-refractivity contribution in [1.82, 2.24) is 9.97 Å². The van der Waals surface area contributed by atoms with Crippen LogP contribution in [0.1, 0.15) is 13.8 Å². The summed E-state index contributed by atoms with van der Waals surface area (Å²) in [7, 11) is 0. The molecule has 0 bridgehead atoms. The Morgan fingerprint density at radius 3 is 2.86 bits per heavy atom. The lowest BCUT2D eigenvalue weighted by atomic mass is 9.96. The van der Waals surface area contributed by atoms with Crippen LogP contribution in [0, 0.1) is 5.41 Å². The Balaban J connectivity index is 2.23. The van der Waals surface area contributed by atoms with E-state index in [1.54, 1.807) is 6.20 Å². The highest BCUT2D eigenvalue weighted by atomic mass is 35.5. The zero-order valence-corrected chi connectivity index (χ0v) is 8.99. The number of rotatable bonds is 1. The van der Waals surface area contributed by atoms with Crippen LogP contribution in [0.3, 0.4) is 0 Å². The summed E-state index contributed by atoms with van der Waals surface area (Å²) in [5, 5.41) is 0.292. The lowest BCUT2D eigenvalue weighted by molar-refractivity contribution is 0.515. The quantitative estimate of drug-likeness (QED) is 0.666. The van der Waals surface area contributed by atoms with E-state index < -0.39 is 0 Å². The van der Waals surface area contributed by atoms with Crippen LogP contribution in [0.2, 0.25) is 5.28 Å². The molecule has 0 saturated carbocycles. The van der Waals surface area contributed by atoms with Gasteiger partial charge in [-0.1, -0.05) is 19.9 Å². The van der Waals surface area contributed by atoms with Gasteiger partial charge in [0.15, 0.2) is 0 Å². The lowest BCUT2D eigenvalue weighted by Crippen LogP contribution is -2.23. The van der Waals surface area contributed by atoms with Crippen molar-refractivity contribution in [3.05, 3.63) is 29.8 Å². The fraction of sp³-hybridized carbons (Fsp3) is 0.400. The molecule has 3 nitrogen and oxygen atoms in total. The van der Waals surface area contributed by atoms with Crippen molar-refractivity contribution in [3.8, 4) is 0 Å². The fourth-order valence-electron chi connectivity index (χ4n) is 1.48. The van der Waals surface area contributed by atoms with E-state index in [4.69, 9.17) is 11.6 Å². The van der Waals surface area contributed by atoms with Gasteiger partial charge in [0.25, 0.3) is 0 Å². The van der Waals surface area contributed by atoms with Crippen molar-refractivity contribution in [2.45, 2.75) is 13.8 Å². The summed E-state index contributed by atoms with van der Waals surface area (Å²) in [6, 6.07) is 1.86. The second-order valence-electron chi connectivity index (χ2n) is 4.12. The minimum atomic E-state index is 0.206. The molecule has 2 heterocycles. The first-order valence-corrected chi connectivity index (χ1v) is 4.89. The Morgan fingerprint density at radius 2 is 2.29 bits per heavy atom. The maximum atomic E-state index is 5.72. The average Bonchev–Trinajstić information content (AvgIpc) is 2.46. The standard InChI is InChI=1S/C10H12ClN3/c1-10(2)4-6-14(7-10)8-3-5-12-9(11)13-8/h3-6H,7H2,1-2H3. The molecule has 0 aliphatic carbocycles. The zero-order chi connectivity index (χ0) is 10.2. The molecule has 1 aromatic rings. The first kappa shape index (κ1) is 9.46. The Kier molecular flexibility index (Phi) is 2.19. The summed E-state index contributed by atoms with van der Waals surface area (Å²) in [6.07, 6.45) is 5.88. The molecule has 14 heavy (non-hydrogen) atoms. The van der Waals surface area contributed by atoms with Crippen LogP contribution in [-0.2, 0) is 0 Å². The van der Waals surface area contributed by atoms with E-state index in [0.29, 0.717) is 5.28 Å². The average molecular weight is 210 g/mol. The van der Waals surface area contributed by atoms with Gasteiger partial charge in [0, 0.05) is 24.4 Å². The van der Waals surface area contributed by atoms with Gasteiger partial charge in [-0.15, -0.1) is 0 Å². The monoisotopic (exact) mass is 209 g/mol. The van der Waals surface area contributed by atoms with Crippen molar-refractivity contribution < 1.29 is 0 Å². The van der Waals surface area contributed by atoms with Crippen LogP contribution in [0.5, 0.6) is 0 Å². The maximum absolute atomic E-state index is 5.72. The molecule has 74 valence electrons. The summed E-state index contributed by atoms with van der Waals surface area (Å²) in [4.78, 5) is 10.1. The number of nitrogens with zero attached hydrogens (tertiary/aromatic N) is 3. The topological polar surface area (TPSA) is 29.0 Å². The molecular weight excluding hydrogens is 198 g/mol. The van der Waals surface area contributed by atoms with E-state index in [-0.39, 0.29) is 5.41 Å². The Labute approximate surface area is 88.4 Å². The number of aromatic nitrogens is 2. The summed E-state index contributed by atoms with van der Waals surface area (Å²) in [6.45, 7) is 5.30. The number of hydrogen-bond donors (Lipinski definition) is 0. The lowest BCUT2D eigenvalue weighted by Gasteiger charge is -2.20. The molecule has 0 saturated heterocycles. The van der Waals surface area contributed by atoms with Crippen LogP contribution in [0.15, 0.2) is 24.5 Å². The molecule has 0 fully saturated rings. The van der Waals surface area contributed by atoms with E-state index in [1.165, 1.54) is 0 Å². The van der Waals surface area contributed by atoms with Crippen LogP contribution in [-0.4, -0.2) is 16.5 Å². The summed E-state index contributed by atoms with van der Waals surface area (Å²) in [5.41, 5.74) is 0.206. The van der Waals surface area contributed by atoms with Gasteiger partial charge in [0.1, 0.15) is 5.82 Å². The van der Waals surface area contributed by atoms with Gasteiger partial charge in [-0.2, -0.15) is 0 Å². The van der Waals surface area contributed by atoms with E-state index >= 15 is 0 Å². The van der Waals surface area contributed by atoms with E-state index in [9.17, 15) is 0 Å². The van der Waals surface area contributed by atoms with Gasteiger partial charge in [-0.3, -0.25) is 0 Å². The third kappa shape index (κ3) is 1.87. The van der Waals surface area contributed by atoms with Crippen molar-refractivity contribution in [2.75, 3.05) is 11.4 Å². The predicted octanol–water partition coefficient (Wildman–Crippen LogP) is 2.49. The highest BCUT2D eigenvalue weighted by molar-refractivity contribution is 6.28. The summed E-state index contributed by atoms with van der Waals surface area (Å²) in [5.74, 6) is 0.854. The molecule has 0 aromatic carbocycles. The number of hydrogen-bond acceptors (Lipinski definition) is 3. The Hall–Kier alpha value is -1.09. The molecule has 2 rings (SSSR count). The molecule has 1 aliphatic rings. The highest BCUT2D eigenvalue weighted by Gasteiger charge is 2.24. The summed E-state index contributed by atoms with van der Waals surface area (Å²) >= 11 is 5.72. The van der Waals surface area contributed by atoms with Crippen molar-refractivity contribution in [2.24, 2.45) is 5.41 Å². The van der Waals surface area contributed by atoms with Crippen LogP contribution < -0.4 is 4.90 Å². The minimum Gasteiger partial charge on any atom is -0.332 e. The Morgan fingerprint density at radius 1 is 1.50 bits per heavy atom. The van der Waals surface area contributed by atoms with Crippen LogP contribution in [0.4, 0.5) is 5.82 Å². The van der Waals surface area contributed by atoms with Gasteiger partial charge in [-0.05, 0) is 17.7 Å². The summed E-state index contributed by atoms with van der Waals surface area (Å²) < 4.78 is 0. The first-order valence-electron chi connectivity index (χ1n) is 4.51. The van der Waals surface area contributed by atoms with Gasteiger partial charge in [-0.25, -0.2) is 9.97 Å². The number of anilines is 1. The Bertz CT molecular complexity index is 373. The molecule has 4 heteroatoms. The molecular formula is C10H12ClN3. The largest absolute Gasteiger partial charge is 0.332 e. The fourth-order valence-corrected chi connectivity index (χ4v) is 1.62. The molecule has 0 spiro atoms. The predicted molar refractivity (Wildman–Crippen MR) is 57.3 cm³/mol. The van der Waals surface area contributed by atoms with E-state index in [0.717, 1.165) is 12.4 Å². The molecule has 0 radical (unpaired) electrons. The van der Waals surface area contributed by atoms with Crippen LogP contribution in [0.25, 0.3) is 0 Å². The van der Waals surface area contributed by atoms with E-state index in [2.05, 4.69) is 34.8 Å². The third-order valence-corrected chi connectivity index (χ3v) is 2.37. The minimum absolute atomic E-state index is 0.206. The van der Waals surface area contributed by atoms with Gasteiger partial charge in [0.2, 0.25) is 5.28 Å². The first-order chi connectivity index (χ1) is 6.57. The number of halogens is 1. The van der Waals surface area contributed by atoms with Crippen LogP contribution >= 0.6 is 11.6 Å². The van der Waals surface area contributed by atoms with Gasteiger partial charge >= 0.3 is 0 Å². The molecule has 1 aromatic heterocycles. The molecule has 1 aliphatic heterocycles. The smallest absolute Gasteiger partial charge is 0.224 e. The zero-order valence-electron chi connectivity index (χ0n) is 8.24. The van der Waals surface area contributed by atoms with Gasteiger partial charge < -0.3 is 4.90 Å². The normalized spacial score (nSPS) is 18.9. The third-order valence-electron chi connectivity index (χ3n) is 2.19. The second kappa shape index (κ2) is 3.24. The second-order valence-corrected chi connectivity index (χ2v) is 4.45. The SMILES string of the molecule is CC1(C)C=CN(c2ccnc(Cl)n2)C1. The highest BCUT2D eigenvalue weighted by Crippen LogP contribution is 2.28. The van der Waals surface area contributed by atoms with E-state index in [1.807, 2.05) is 12.3 Å². The molecule has 0 unspecified atom stereocenters. The van der Waals surface area contributed by atoms with Crippen molar-refractivity contribution >= 4 is 17.4 Å². The van der Waals surface area contributed by atoms with Gasteiger partial charge in [0.05, 0.1) is 0 Å².